The maximum Gasteiger partial charge on any atom is 0.0491 e. The molecule has 2 nitrogen and oxygen atoms in total. The van der Waals surface area contributed by atoms with Crippen molar-refractivity contribution in [3.63, 3.8) is 0 Å². The van der Waals surface area contributed by atoms with Crippen LogP contribution in [0.4, 0.5) is 0 Å². The van der Waals surface area contributed by atoms with Gasteiger partial charge < -0.3 is 11.5 Å². The minimum atomic E-state index is -0.191. The van der Waals surface area contributed by atoms with Gasteiger partial charge in [-0.2, -0.15) is 0 Å². The van der Waals surface area contributed by atoms with Gasteiger partial charge in [-0.15, -0.1) is 0 Å². The highest BCUT2D eigenvalue weighted by atomic mass is 14.8. The Balaban J connectivity index is 1.72. The highest BCUT2D eigenvalue weighted by molar-refractivity contribution is 5.34. The minimum Gasteiger partial charge on any atom is -0.322 e. The molecule has 4 aliphatic rings. The van der Waals surface area contributed by atoms with Crippen molar-refractivity contribution in [2.45, 2.75) is 37.8 Å². The van der Waals surface area contributed by atoms with Gasteiger partial charge in [0, 0.05) is 12.1 Å². The molecule has 7 rings (SSSR count). The van der Waals surface area contributed by atoms with Crippen LogP contribution in [-0.4, -0.2) is 0 Å². The number of nitrogens with two attached hydrogens (primary N) is 2. The highest BCUT2D eigenvalue weighted by Crippen LogP contribution is 2.26. The topological polar surface area (TPSA) is 52.0 Å². The van der Waals surface area contributed by atoms with Crippen LogP contribution in [0.15, 0.2) is 72.8 Å². The second-order valence-corrected chi connectivity index (χ2v) is 7.30. The van der Waals surface area contributed by atoms with Gasteiger partial charge in [-0.25, -0.2) is 0 Å². The van der Waals surface area contributed by atoms with E-state index in [1.54, 1.807) is 0 Å². The summed E-state index contributed by atoms with van der Waals surface area (Å²) >= 11 is 0. The predicted molar refractivity (Wildman–Crippen MR) is 108 cm³/mol. The summed E-state index contributed by atoms with van der Waals surface area (Å²) in [6.07, 6.45) is 4.23. The number of hydrogen-bond donors (Lipinski definition) is 2. The standard InChI is InChI=1S/C24H26N2/c25-23-21-13-7-17(8-14-21)5-11-19-3-1-2-4-20(19)12-6-18-9-15-22(16-10-18)24(23)26/h1-4,7-10,13-16,23-24H,5-6,11-12,25-26H2. The van der Waals surface area contributed by atoms with E-state index >= 15 is 0 Å². The third-order valence-corrected chi connectivity index (χ3v) is 5.60. The number of rotatable bonds is 0. The number of aryl methyl sites for hydroxylation is 4. The zero-order valence-electron chi connectivity index (χ0n) is 15.1. The molecular weight excluding hydrogens is 316 g/mol. The molecule has 26 heavy (non-hydrogen) atoms. The van der Waals surface area contributed by atoms with E-state index in [9.17, 15) is 0 Å². The Morgan fingerprint density at radius 3 is 1.27 bits per heavy atom. The maximum absolute atomic E-state index is 6.44. The van der Waals surface area contributed by atoms with Crippen LogP contribution in [0.2, 0.25) is 0 Å². The monoisotopic (exact) mass is 342 g/mol. The predicted octanol–water partition coefficient (Wildman–Crippen LogP) is 4.27. The van der Waals surface area contributed by atoms with E-state index in [1.165, 1.54) is 22.3 Å². The normalized spacial score (nSPS) is 20.1. The van der Waals surface area contributed by atoms with E-state index in [-0.39, 0.29) is 12.1 Å². The molecule has 0 spiro atoms. The third-order valence-electron chi connectivity index (χ3n) is 5.60. The van der Waals surface area contributed by atoms with E-state index in [1.807, 2.05) is 0 Å². The van der Waals surface area contributed by atoms with Crippen LogP contribution in [0.25, 0.3) is 0 Å². The molecule has 2 unspecified atom stereocenters. The molecule has 0 fully saturated rings. The van der Waals surface area contributed by atoms with Crippen molar-refractivity contribution < 1.29 is 0 Å². The van der Waals surface area contributed by atoms with Crippen LogP contribution >= 0.6 is 0 Å². The second kappa shape index (κ2) is 7.45. The number of benzene rings is 3. The van der Waals surface area contributed by atoms with Crippen molar-refractivity contribution in [1.82, 2.24) is 0 Å². The molecule has 2 atom stereocenters. The Bertz CT molecular complexity index is 791. The summed E-state index contributed by atoms with van der Waals surface area (Å²) in [5.41, 5.74) is 20.7. The van der Waals surface area contributed by atoms with Gasteiger partial charge in [0.2, 0.25) is 0 Å². The molecular formula is C24H26N2. The summed E-state index contributed by atoms with van der Waals surface area (Å²) in [7, 11) is 0. The first kappa shape index (κ1) is 17.0. The van der Waals surface area contributed by atoms with Crippen molar-refractivity contribution in [3.05, 3.63) is 106 Å². The van der Waals surface area contributed by atoms with E-state index in [0.717, 1.165) is 36.8 Å². The van der Waals surface area contributed by atoms with Crippen LogP contribution < -0.4 is 11.5 Å². The summed E-state index contributed by atoms with van der Waals surface area (Å²) in [5.74, 6) is 0. The molecule has 2 heteroatoms. The van der Waals surface area contributed by atoms with Gasteiger partial charge in [0.1, 0.15) is 0 Å². The average Bonchev–Trinajstić information content (AvgIpc) is 2.70. The van der Waals surface area contributed by atoms with Crippen molar-refractivity contribution in [2.24, 2.45) is 11.5 Å². The highest BCUT2D eigenvalue weighted by Gasteiger charge is 2.17. The SMILES string of the molecule is NC1c2ccc(cc2)CCc2ccccc2CCc2ccc(cc2)C1N. The Hall–Kier alpha value is -2.42. The zero-order valence-corrected chi connectivity index (χ0v) is 15.1. The lowest BCUT2D eigenvalue weighted by Gasteiger charge is -2.21. The molecule has 4 N–H and O–H groups in total. The fourth-order valence-corrected chi connectivity index (χ4v) is 3.83. The summed E-state index contributed by atoms with van der Waals surface area (Å²) in [4.78, 5) is 0. The Morgan fingerprint density at radius 1 is 0.500 bits per heavy atom. The van der Waals surface area contributed by atoms with Gasteiger partial charge in [-0.3, -0.25) is 0 Å². The zero-order chi connectivity index (χ0) is 17.9. The molecule has 0 amide bonds. The van der Waals surface area contributed by atoms with E-state index < -0.39 is 0 Å². The first-order chi connectivity index (χ1) is 12.7. The lowest BCUT2D eigenvalue weighted by Crippen LogP contribution is -2.26. The summed E-state index contributed by atoms with van der Waals surface area (Å²) in [6, 6.07) is 25.8. The molecule has 0 saturated carbocycles. The van der Waals surface area contributed by atoms with Crippen LogP contribution in [0, 0.1) is 0 Å². The van der Waals surface area contributed by atoms with Gasteiger partial charge in [-0.05, 0) is 59.1 Å². The molecule has 3 aromatic rings. The van der Waals surface area contributed by atoms with Crippen LogP contribution in [0.5, 0.6) is 0 Å². The average molecular weight is 342 g/mol. The Labute approximate surface area is 155 Å². The van der Waals surface area contributed by atoms with Crippen molar-refractivity contribution in [3.8, 4) is 0 Å². The summed E-state index contributed by atoms with van der Waals surface area (Å²) < 4.78 is 0. The Kier molecular flexibility index (Phi) is 4.87. The third kappa shape index (κ3) is 3.57. The molecule has 0 heterocycles. The van der Waals surface area contributed by atoms with Crippen molar-refractivity contribution in [2.75, 3.05) is 0 Å². The molecule has 3 aromatic carbocycles. The van der Waals surface area contributed by atoms with E-state index in [2.05, 4.69) is 72.8 Å². The van der Waals surface area contributed by atoms with Gasteiger partial charge in [-0.1, -0.05) is 72.8 Å². The van der Waals surface area contributed by atoms with Gasteiger partial charge in [0.15, 0.2) is 0 Å². The largest absolute Gasteiger partial charge is 0.322 e. The smallest absolute Gasteiger partial charge is 0.0491 e. The van der Waals surface area contributed by atoms with Crippen LogP contribution in [0.1, 0.15) is 45.5 Å². The molecule has 132 valence electrons. The lowest BCUT2D eigenvalue weighted by molar-refractivity contribution is 0.574. The van der Waals surface area contributed by atoms with Crippen LogP contribution in [0.3, 0.4) is 0 Å². The van der Waals surface area contributed by atoms with Crippen LogP contribution in [-0.2, 0) is 25.7 Å². The Morgan fingerprint density at radius 2 is 0.885 bits per heavy atom. The molecule has 0 aromatic heterocycles. The lowest BCUT2D eigenvalue weighted by atomic mass is 9.91. The van der Waals surface area contributed by atoms with Gasteiger partial charge in [0.25, 0.3) is 0 Å². The summed E-state index contributed by atoms with van der Waals surface area (Å²) in [5, 5.41) is 0. The molecule has 0 aliphatic heterocycles. The van der Waals surface area contributed by atoms with Gasteiger partial charge >= 0.3 is 0 Å². The fourth-order valence-electron chi connectivity index (χ4n) is 3.83. The fraction of sp³-hybridized carbons (Fsp3) is 0.250. The van der Waals surface area contributed by atoms with E-state index in [0.29, 0.717) is 0 Å². The summed E-state index contributed by atoms with van der Waals surface area (Å²) in [6.45, 7) is 0. The van der Waals surface area contributed by atoms with Crippen molar-refractivity contribution in [1.29, 1.82) is 0 Å². The first-order valence-electron chi connectivity index (χ1n) is 9.46. The molecule has 4 bridgehead atoms. The number of hydrogen-bond acceptors (Lipinski definition) is 2. The van der Waals surface area contributed by atoms with E-state index in [4.69, 9.17) is 11.5 Å². The maximum atomic E-state index is 6.44. The molecule has 4 aliphatic carbocycles. The molecule has 0 saturated heterocycles. The first-order valence-corrected chi connectivity index (χ1v) is 9.46. The quantitative estimate of drug-likeness (QED) is 0.641. The minimum absolute atomic E-state index is 0.191. The van der Waals surface area contributed by atoms with Gasteiger partial charge in [0.05, 0.1) is 0 Å². The second-order valence-electron chi connectivity index (χ2n) is 7.30. The van der Waals surface area contributed by atoms with Crippen molar-refractivity contribution >= 4 is 0 Å². The molecule has 0 radical (unpaired) electrons.